The smallest absolute Gasteiger partial charge is 0.318 e. The Hall–Kier alpha value is -1.86. The van der Waals surface area contributed by atoms with Crippen LogP contribution >= 0.6 is 12.4 Å². The van der Waals surface area contributed by atoms with Crippen LogP contribution in [0.4, 0.5) is 10.4 Å². The van der Waals surface area contributed by atoms with Gasteiger partial charge >= 0.3 is 6.01 Å². The van der Waals surface area contributed by atoms with Gasteiger partial charge < -0.3 is 19.4 Å². The number of hydrogen-bond donors (Lipinski definition) is 1. The second kappa shape index (κ2) is 8.84. The molecule has 1 atom stereocenters. The van der Waals surface area contributed by atoms with Crippen LogP contribution in [0, 0.1) is 11.7 Å². The first kappa shape index (κ1) is 18.5. The van der Waals surface area contributed by atoms with E-state index in [-0.39, 0.29) is 18.2 Å². The molecule has 1 aromatic heterocycles. The van der Waals surface area contributed by atoms with Gasteiger partial charge in [0.05, 0.1) is 13.2 Å². The molecule has 1 unspecified atom stereocenters. The Kier molecular flexibility index (Phi) is 6.81. The fraction of sp³-hybridized carbons (Fsp3) is 0.500. The molecular formula is C16H22ClFN4O2. The zero-order valence-corrected chi connectivity index (χ0v) is 14.4. The van der Waals surface area contributed by atoms with Crippen molar-refractivity contribution in [2.45, 2.75) is 19.4 Å². The molecular weight excluding hydrogens is 335 g/mol. The summed E-state index contributed by atoms with van der Waals surface area (Å²) in [6.45, 7) is 2.82. The summed E-state index contributed by atoms with van der Waals surface area (Å²) in [6.07, 6.45) is 2.12. The Morgan fingerprint density at radius 3 is 3.08 bits per heavy atom. The lowest BCUT2D eigenvalue weighted by molar-refractivity contribution is 0.225. The lowest BCUT2D eigenvalue weighted by Gasteiger charge is -2.31. The second-order valence-corrected chi connectivity index (χ2v) is 5.73. The summed E-state index contributed by atoms with van der Waals surface area (Å²) in [5, 5.41) is 11.1. The Morgan fingerprint density at radius 1 is 1.42 bits per heavy atom. The lowest BCUT2D eigenvalue weighted by atomic mass is 9.99. The van der Waals surface area contributed by atoms with Crippen LogP contribution in [-0.4, -0.2) is 36.9 Å². The minimum Gasteiger partial charge on any atom is -0.493 e. The molecule has 6 nitrogen and oxygen atoms in total. The molecule has 3 rings (SSSR count). The maximum atomic E-state index is 13.2. The highest BCUT2D eigenvalue weighted by molar-refractivity contribution is 5.85. The first-order valence-electron chi connectivity index (χ1n) is 7.85. The summed E-state index contributed by atoms with van der Waals surface area (Å²) in [5.74, 6) is 1.22. The number of hydrogen-bond acceptors (Lipinski definition) is 6. The molecule has 132 valence electrons. The van der Waals surface area contributed by atoms with Crippen LogP contribution < -0.4 is 15.0 Å². The highest BCUT2D eigenvalue weighted by Crippen LogP contribution is 2.23. The van der Waals surface area contributed by atoms with Crippen LogP contribution in [0.1, 0.15) is 18.7 Å². The van der Waals surface area contributed by atoms with Crippen molar-refractivity contribution in [3.8, 4) is 5.75 Å². The second-order valence-electron chi connectivity index (χ2n) is 5.73. The molecule has 0 spiro atoms. The van der Waals surface area contributed by atoms with Gasteiger partial charge in [0.2, 0.25) is 5.89 Å². The van der Waals surface area contributed by atoms with Crippen molar-refractivity contribution >= 4 is 18.4 Å². The van der Waals surface area contributed by atoms with Gasteiger partial charge in [-0.1, -0.05) is 11.2 Å². The maximum Gasteiger partial charge on any atom is 0.318 e. The summed E-state index contributed by atoms with van der Waals surface area (Å²) in [7, 11) is 1.84. The van der Waals surface area contributed by atoms with E-state index in [2.05, 4.69) is 20.4 Å². The number of anilines is 1. The molecule has 0 amide bonds. The zero-order valence-electron chi connectivity index (χ0n) is 13.6. The van der Waals surface area contributed by atoms with Crippen molar-refractivity contribution in [1.29, 1.82) is 0 Å². The van der Waals surface area contributed by atoms with Crippen molar-refractivity contribution in [2.75, 3.05) is 31.6 Å². The van der Waals surface area contributed by atoms with E-state index in [1.165, 1.54) is 12.1 Å². The van der Waals surface area contributed by atoms with Crippen LogP contribution in [0.25, 0.3) is 0 Å². The van der Waals surface area contributed by atoms with Gasteiger partial charge in [-0.3, -0.25) is 0 Å². The molecule has 1 aliphatic heterocycles. The number of halogens is 2. The third kappa shape index (κ3) is 4.82. The molecule has 1 aromatic carbocycles. The molecule has 8 heteroatoms. The van der Waals surface area contributed by atoms with Crippen LogP contribution in [0.5, 0.6) is 5.75 Å². The molecule has 1 saturated heterocycles. The van der Waals surface area contributed by atoms with Gasteiger partial charge in [-0.2, -0.15) is 0 Å². The van der Waals surface area contributed by atoms with Crippen LogP contribution in [-0.2, 0) is 6.54 Å². The highest BCUT2D eigenvalue weighted by Gasteiger charge is 2.24. The van der Waals surface area contributed by atoms with Crippen LogP contribution in [0.2, 0.25) is 0 Å². The van der Waals surface area contributed by atoms with E-state index in [1.807, 2.05) is 7.05 Å². The van der Waals surface area contributed by atoms with Gasteiger partial charge in [-0.25, -0.2) is 4.39 Å². The minimum atomic E-state index is -0.282. The first-order chi connectivity index (χ1) is 11.2. The number of benzene rings is 1. The Bertz CT molecular complexity index is 640. The predicted molar refractivity (Wildman–Crippen MR) is 91.1 cm³/mol. The van der Waals surface area contributed by atoms with Gasteiger partial charge in [0, 0.05) is 25.1 Å². The fourth-order valence-corrected chi connectivity index (χ4v) is 2.74. The number of piperidine rings is 1. The van der Waals surface area contributed by atoms with Crippen molar-refractivity contribution in [2.24, 2.45) is 5.92 Å². The third-order valence-corrected chi connectivity index (χ3v) is 3.86. The monoisotopic (exact) mass is 356 g/mol. The van der Waals surface area contributed by atoms with E-state index in [1.54, 1.807) is 12.1 Å². The largest absolute Gasteiger partial charge is 0.493 e. The number of rotatable bonds is 6. The number of nitrogens with one attached hydrogen (secondary N) is 1. The first-order valence-corrected chi connectivity index (χ1v) is 7.85. The molecule has 24 heavy (non-hydrogen) atoms. The number of ether oxygens (including phenoxy) is 1. The van der Waals surface area contributed by atoms with Crippen molar-refractivity contribution < 1.29 is 13.5 Å². The van der Waals surface area contributed by atoms with Gasteiger partial charge in [-0.05, 0) is 32.0 Å². The molecule has 0 aliphatic carbocycles. The molecule has 0 radical (unpaired) electrons. The minimum absolute atomic E-state index is 0. The highest BCUT2D eigenvalue weighted by atomic mass is 35.5. The van der Waals surface area contributed by atoms with E-state index in [9.17, 15) is 4.39 Å². The SMILES string of the molecule is CNCc1nnc(N2CCCC(COc3cccc(F)c3)C2)o1.Cl. The fourth-order valence-electron chi connectivity index (χ4n) is 2.74. The molecule has 0 bridgehead atoms. The Morgan fingerprint density at radius 2 is 2.29 bits per heavy atom. The molecule has 2 heterocycles. The van der Waals surface area contributed by atoms with Gasteiger partial charge in [0.15, 0.2) is 0 Å². The summed E-state index contributed by atoms with van der Waals surface area (Å²) in [5.41, 5.74) is 0. The van der Waals surface area contributed by atoms with E-state index in [4.69, 9.17) is 9.15 Å². The van der Waals surface area contributed by atoms with Crippen molar-refractivity contribution in [3.05, 3.63) is 36.0 Å². The topological polar surface area (TPSA) is 63.4 Å². The average Bonchev–Trinajstić information content (AvgIpc) is 3.02. The summed E-state index contributed by atoms with van der Waals surface area (Å²) >= 11 is 0. The molecule has 1 aliphatic rings. The molecule has 1 fully saturated rings. The van der Waals surface area contributed by atoms with Gasteiger partial charge in [-0.15, -0.1) is 17.5 Å². The third-order valence-electron chi connectivity index (χ3n) is 3.86. The van der Waals surface area contributed by atoms with Gasteiger partial charge in [0.25, 0.3) is 0 Å². The maximum absolute atomic E-state index is 13.2. The van der Waals surface area contributed by atoms with Crippen LogP contribution in [0.3, 0.4) is 0 Å². The van der Waals surface area contributed by atoms with Crippen LogP contribution in [0.15, 0.2) is 28.7 Å². The quantitative estimate of drug-likeness (QED) is 0.858. The average molecular weight is 357 g/mol. The molecule has 2 aromatic rings. The Labute approximate surface area is 146 Å². The van der Waals surface area contributed by atoms with E-state index >= 15 is 0 Å². The van der Waals surface area contributed by atoms with E-state index < -0.39 is 0 Å². The van der Waals surface area contributed by atoms with Crippen molar-refractivity contribution in [3.63, 3.8) is 0 Å². The van der Waals surface area contributed by atoms with E-state index in [0.29, 0.717) is 36.7 Å². The summed E-state index contributed by atoms with van der Waals surface area (Å²) < 4.78 is 24.5. The molecule has 1 N–H and O–H groups in total. The lowest BCUT2D eigenvalue weighted by Crippen LogP contribution is -2.38. The number of nitrogens with zero attached hydrogens (tertiary/aromatic N) is 3. The van der Waals surface area contributed by atoms with E-state index in [0.717, 1.165) is 25.9 Å². The molecule has 0 saturated carbocycles. The Balaban J connectivity index is 0.00000208. The standard InChI is InChI=1S/C16H21FN4O2.ClH/c1-18-9-15-19-20-16(23-15)21-7-3-4-12(10-21)11-22-14-6-2-5-13(17)8-14;/h2,5-6,8,12,18H,3-4,7,9-11H2,1H3;1H. The predicted octanol–water partition coefficient (Wildman–Crippen LogP) is 2.65. The zero-order chi connectivity index (χ0) is 16.1. The number of aromatic nitrogens is 2. The normalized spacial score (nSPS) is 17.4. The van der Waals surface area contributed by atoms with Crippen molar-refractivity contribution in [1.82, 2.24) is 15.5 Å². The van der Waals surface area contributed by atoms with Gasteiger partial charge in [0.1, 0.15) is 11.6 Å². The summed E-state index contributed by atoms with van der Waals surface area (Å²) in [4.78, 5) is 2.09. The summed E-state index contributed by atoms with van der Waals surface area (Å²) in [6, 6.07) is 6.80.